The van der Waals surface area contributed by atoms with Crippen LogP contribution in [0.2, 0.25) is 0 Å². The minimum atomic E-state index is 0.725. The molecule has 0 atom stereocenters. The topological polar surface area (TPSA) is 34.8 Å². The van der Waals surface area contributed by atoms with E-state index >= 15 is 0 Å². The maximum atomic E-state index is 5.69. The SMILES string of the molecule is CCCCCCCCCCCc1n(CC)cc[n+]1CCN. The van der Waals surface area contributed by atoms with E-state index in [4.69, 9.17) is 5.73 Å². The van der Waals surface area contributed by atoms with Crippen LogP contribution in [0.15, 0.2) is 12.4 Å². The molecule has 0 spiro atoms. The molecule has 122 valence electrons. The fourth-order valence-electron chi connectivity index (χ4n) is 3.01. The molecule has 1 aromatic heterocycles. The molecule has 0 amide bonds. The summed E-state index contributed by atoms with van der Waals surface area (Å²) < 4.78 is 4.69. The molecular weight excluding hydrogens is 258 g/mol. The number of unbranched alkanes of at least 4 members (excludes halogenated alkanes) is 8. The van der Waals surface area contributed by atoms with E-state index in [9.17, 15) is 0 Å². The minimum Gasteiger partial charge on any atom is -0.327 e. The van der Waals surface area contributed by atoms with E-state index in [1.807, 2.05) is 0 Å². The summed E-state index contributed by atoms with van der Waals surface area (Å²) in [7, 11) is 0. The first-order valence-electron chi connectivity index (χ1n) is 9.11. The predicted octanol–water partition coefficient (Wildman–Crippen LogP) is 3.83. The van der Waals surface area contributed by atoms with Crippen LogP contribution in [0.25, 0.3) is 0 Å². The fourth-order valence-corrected chi connectivity index (χ4v) is 3.01. The predicted molar refractivity (Wildman–Crippen MR) is 90.3 cm³/mol. The zero-order chi connectivity index (χ0) is 15.3. The van der Waals surface area contributed by atoms with Crippen molar-refractivity contribution >= 4 is 0 Å². The first-order chi connectivity index (χ1) is 10.3. The lowest BCUT2D eigenvalue weighted by molar-refractivity contribution is -0.701. The van der Waals surface area contributed by atoms with E-state index in [1.165, 1.54) is 70.0 Å². The molecule has 1 heterocycles. The van der Waals surface area contributed by atoms with Gasteiger partial charge in [0.15, 0.2) is 0 Å². The molecule has 0 saturated carbocycles. The molecule has 0 fully saturated rings. The highest BCUT2D eigenvalue weighted by Crippen LogP contribution is 2.11. The molecular formula is C18H36N3+. The Balaban J connectivity index is 2.16. The standard InChI is InChI=1S/C18H36N3/c1-3-5-6-7-8-9-10-11-12-13-18-20(4-2)16-17-21(18)15-14-19/h16-17H,3-15,19H2,1-2H3/q+1. The summed E-state index contributed by atoms with van der Waals surface area (Å²) in [5, 5.41) is 0. The molecule has 21 heavy (non-hydrogen) atoms. The van der Waals surface area contributed by atoms with Crippen molar-refractivity contribution < 1.29 is 4.57 Å². The summed E-state index contributed by atoms with van der Waals surface area (Å²) in [6.07, 6.45) is 18.1. The van der Waals surface area contributed by atoms with Crippen molar-refractivity contribution in [3.05, 3.63) is 18.2 Å². The van der Waals surface area contributed by atoms with Gasteiger partial charge < -0.3 is 5.73 Å². The molecule has 0 radical (unpaired) electrons. The highest BCUT2D eigenvalue weighted by atomic mass is 15.1. The molecule has 0 aromatic carbocycles. The summed E-state index contributed by atoms with van der Waals surface area (Å²) in [6, 6.07) is 0. The average molecular weight is 295 g/mol. The maximum absolute atomic E-state index is 5.69. The molecule has 0 aliphatic carbocycles. The Bertz CT molecular complexity index is 357. The molecule has 3 heteroatoms. The van der Waals surface area contributed by atoms with Gasteiger partial charge in [-0.3, -0.25) is 0 Å². The van der Waals surface area contributed by atoms with Crippen molar-refractivity contribution in [3.8, 4) is 0 Å². The summed E-state index contributed by atoms with van der Waals surface area (Å²) in [5.41, 5.74) is 5.69. The monoisotopic (exact) mass is 294 g/mol. The van der Waals surface area contributed by atoms with Crippen molar-refractivity contribution in [1.82, 2.24) is 4.57 Å². The Kier molecular flexibility index (Phi) is 10.2. The summed E-state index contributed by atoms with van der Waals surface area (Å²) in [4.78, 5) is 0. The van der Waals surface area contributed by atoms with E-state index in [2.05, 4.69) is 35.4 Å². The van der Waals surface area contributed by atoms with Gasteiger partial charge in [-0.1, -0.05) is 58.3 Å². The Morgan fingerprint density at radius 1 is 0.952 bits per heavy atom. The Morgan fingerprint density at radius 2 is 1.57 bits per heavy atom. The van der Waals surface area contributed by atoms with E-state index in [-0.39, 0.29) is 0 Å². The first kappa shape index (κ1) is 18.2. The molecule has 0 aliphatic heterocycles. The maximum Gasteiger partial charge on any atom is 0.256 e. The lowest BCUT2D eigenvalue weighted by atomic mass is 10.1. The van der Waals surface area contributed by atoms with Gasteiger partial charge in [-0.25, -0.2) is 9.13 Å². The Hall–Kier alpha value is -0.830. The second-order valence-electron chi connectivity index (χ2n) is 6.06. The zero-order valence-corrected chi connectivity index (χ0v) is 14.3. The first-order valence-corrected chi connectivity index (χ1v) is 9.11. The smallest absolute Gasteiger partial charge is 0.256 e. The minimum absolute atomic E-state index is 0.725. The lowest BCUT2D eigenvalue weighted by Gasteiger charge is -2.04. The van der Waals surface area contributed by atoms with Gasteiger partial charge in [0.2, 0.25) is 0 Å². The van der Waals surface area contributed by atoms with Crippen molar-refractivity contribution in [1.29, 1.82) is 0 Å². The number of hydrogen-bond acceptors (Lipinski definition) is 1. The number of imidazole rings is 1. The van der Waals surface area contributed by atoms with Gasteiger partial charge >= 0.3 is 0 Å². The molecule has 0 unspecified atom stereocenters. The number of aryl methyl sites for hydroxylation is 1. The number of nitrogens with zero attached hydrogens (tertiary/aromatic N) is 2. The van der Waals surface area contributed by atoms with Crippen molar-refractivity contribution in [2.24, 2.45) is 5.73 Å². The van der Waals surface area contributed by atoms with Crippen LogP contribution in [-0.2, 0) is 19.5 Å². The quantitative estimate of drug-likeness (QED) is 0.435. The van der Waals surface area contributed by atoms with Gasteiger partial charge in [-0.05, 0) is 13.3 Å². The molecule has 2 N–H and O–H groups in total. The Morgan fingerprint density at radius 3 is 2.14 bits per heavy atom. The van der Waals surface area contributed by atoms with Gasteiger partial charge in [0, 0.05) is 13.0 Å². The van der Waals surface area contributed by atoms with Gasteiger partial charge in [0.25, 0.3) is 5.82 Å². The zero-order valence-electron chi connectivity index (χ0n) is 14.3. The molecule has 1 rings (SSSR count). The van der Waals surface area contributed by atoms with Crippen LogP contribution in [0.1, 0.15) is 77.5 Å². The van der Waals surface area contributed by atoms with Crippen molar-refractivity contribution in [2.45, 2.75) is 91.1 Å². The van der Waals surface area contributed by atoms with Gasteiger partial charge in [-0.15, -0.1) is 0 Å². The van der Waals surface area contributed by atoms with Crippen LogP contribution in [0, 0.1) is 0 Å². The van der Waals surface area contributed by atoms with E-state index in [0.717, 1.165) is 19.6 Å². The number of aromatic nitrogens is 2. The van der Waals surface area contributed by atoms with Crippen LogP contribution in [0.3, 0.4) is 0 Å². The van der Waals surface area contributed by atoms with Gasteiger partial charge in [0.1, 0.15) is 18.9 Å². The second-order valence-corrected chi connectivity index (χ2v) is 6.06. The number of hydrogen-bond donors (Lipinski definition) is 1. The molecule has 0 bridgehead atoms. The average Bonchev–Trinajstić information content (AvgIpc) is 2.88. The van der Waals surface area contributed by atoms with Crippen molar-refractivity contribution in [3.63, 3.8) is 0 Å². The largest absolute Gasteiger partial charge is 0.327 e. The highest BCUT2D eigenvalue weighted by molar-refractivity contribution is 4.83. The lowest BCUT2D eigenvalue weighted by Crippen LogP contribution is -2.40. The molecule has 0 saturated heterocycles. The second kappa shape index (κ2) is 11.8. The number of nitrogens with two attached hydrogens (primary N) is 1. The van der Waals surface area contributed by atoms with Crippen molar-refractivity contribution in [2.75, 3.05) is 6.54 Å². The highest BCUT2D eigenvalue weighted by Gasteiger charge is 2.14. The van der Waals surface area contributed by atoms with Crippen LogP contribution in [0.5, 0.6) is 0 Å². The Labute approximate surface area is 131 Å². The molecule has 0 aliphatic rings. The molecule has 1 aromatic rings. The number of rotatable bonds is 13. The summed E-state index contributed by atoms with van der Waals surface area (Å²) >= 11 is 0. The van der Waals surface area contributed by atoms with Crippen LogP contribution < -0.4 is 10.3 Å². The third kappa shape index (κ3) is 7.12. The van der Waals surface area contributed by atoms with Gasteiger partial charge in [-0.2, -0.15) is 0 Å². The third-order valence-electron chi connectivity index (χ3n) is 4.30. The summed E-state index contributed by atoms with van der Waals surface area (Å²) in [6.45, 7) is 7.23. The fraction of sp³-hybridized carbons (Fsp3) is 0.833. The van der Waals surface area contributed by atoms with E-state index in [0.29, 0.717) is 0 Å². The van der Waals surface area contributed by atoms with Crippen LogP contribution >= 0.6 is 0 Å². The summed E-state index contributed by atoms with van der Waals surface area (Å²) in [5.74, 6) is 1.45. The molecule has 3 nitrogen and oxygen atoms in total. The third-order valence-corrected chi connectivity index (χ3v) is 4.30. The van der Waals surface area contributed by atoms with Crippen LogP contribution in [-0.4, -0.2) is 11.1 Å². The van der Waals surface area contributed by atoms with E-state index < -0.39 is 0 Å². The van der Waals surface area contributed by atoms with E-state index in [1.54, 1.807) is 0 Å². The normalized spacial score (nSPS) is 11.2. The van der Waals surface area contributed by atoms with Crippen LogP contribution in [0.4, 0.5) is 0 Å². The van der Waals surface area contributed by atoms with Gasteiger partial charge in [0.05, 0.1) is 6.54 Å².